The van der Waals surface area contributed by atoms with Gasteiger partial charge in [0.15, 0.2) is 0 Å². The summed E-state index contributed by atoms with van der Waals surface area (Å²) in [5, 5.41) is 0. The number of nitrogens with two attached hydrogens (primary N) is 1. The maximum absolute atomic E-state index is 5.78. The molecule has 0 heterocycles. The van der Waals surface area contributed by atoms with Crippen molar-refractivity contribution < 1.29 is 9.47 Å². The number of unbranched alkanes of at least 4 members (excludes halogenated alkanes) is 2. The summed E-state index contributed by atoms with van der Waals surface area (Å²) < 4.78 is 11.5. The topological polar surface area (TPSA) is 44.5 Å². The second kappa shape index (κ2) is 10.9. The molecule has 0 aromatic heterocycles. The van der Waals surface area contributed by atoms with E-state index in [4.69, 9.17) is 15.2 Å². The maximum Gasteiger partial charge on any atom is 0.123 e. The smallest absolute Gasteiger partial charge is 0.123 e. The summed E-state index contributed by atoms with van der Waals surface area (Å²) in [5.41, 5.74) is 6.62. The van der Waals surface area contributed by atoms with Crippen molar-refractivity contribution in [2.75, 3.05) is 13.2 Å². The number of halogens is 1. The zero-order valence-corrected chi connectivity index (χ0v) is 13.6. The lowest BCUT2D eigenvalue weighted by Gasteiger charge is -2.09. The fourth-order valence-corrected chi connectivity index (χ4v) is 2.01. The van der Waals surface area contributed by atoms with Crippen LogP contribution in [0.5, 0.6) is 11.5 Å². The first-order chi connectivity index (χ1) is 10.4. The minimum atomic E-state index is 0. The molecule has 2 aromatic rings. The highest BCUT2D eigenvalue weighted by Crippen LogP contribution is 2.20. The fraction of sp³-hybridized carbons (Fsp3) is 0.333. The molecule has 0 radical (unpaired) electrons. The van der Waals surface area contributed by atoms with Gasteiger partial charge in [-0.3, -0.25) is 0 Å². The van der Waals surface area contributed by atoms with Gasteiger partial charge in [0.1, 0.15) is 18.1 Å². The third-order valence-corrected chi connectivity index (χ3v) is 3.17. The quantitative estimate of drug-likeness (QED) is 0.704. The van der Waals surface area contributed by atoms with Gasteiger partial charge in [-0.1, -0.05) is 36.4 Å². The van der Waals surface area contributed by atoms with Crippen LogP contribution in [0.15, 0.2) is 54.6 Å². The van der Waals surface area contributed by atoms with Crippen molar-refractivity contribution in [3.8, 4) is 11.5 Å². The van der Waals surface area contributed by atoms with E-state index in [0.29, 0.717) is 6.61 Å². The van der Waals surface area contributed by atoms with Gasteiger partial charge in [-0.25, -0.2) is 0 Å². The Bertz CT molecular complexity index is 520. The van der Waals surface area contributed by atoms with E-state index in [-0.39, 0.29) is 12.4 Å². The summed E-state index contributed by atoms with van der Waals surface area (Å²) in [6.45, 7) is 2.05. The van der Waals surface area contributed by atoms with Gasteiger partial charge in [-0.15, -0.1) is 12.4 Å². The van der Waals surface area contributed by atoms with Gasteiger partial charge in [0.2, 0.25) is 0 Å². The van der Waals surface area contributed by atoms with Crippen molar-refractivity contribution in [3.05, 3.63) is 60.2 Å². The van der Waals surface area contributed by atoms with Gasteiger partial charge in [0, 0.05) is 6.07 Å². The first-order valence-corrected chi connectivity index (χ1v) is 7.48. The van der Waals surface area contributed by atoms with Crippen LogP contribution in [0.2, 0.25) is 0 Å². The first kappa shape index (κ1) is 18.3. The molecule has 22 heavy (non-hydrogen) atoms. The van der Waals surface area contributed by atoms with Crippen molar-refractivity contribution >= 4 is 12.4 Å². The molecule has 0 saturated heterocycles. The second-order valence-corrected chi connectivity index (χ2v) is 4.95. The lowest BCUT2D eigenvalue weighted by atomic mass is 10.2. The third-order valence-electron chi connectivity index (χ3n) is 3.17. The Balaban J connectivity index is 0.00000242. The van der Waals surface area contributed by atoms with E-state index in [1.54, 1.807) is 0 Å². The molecule has 0 aliphatic heterocycles. The van der Waals surface area contributed by atoms with Crippen LogP contribution in [0.25, 0.3) is 0 Å². The van der Waals surface area contributed by atoms with Gasteiger partial charge < -0.3 is 15.2 Å². The molecule has 0 amide bonds. The molecule has 2 rings (SSSR count). The second-order valence-electron chi connectivity index (χ2n) is 4.95. The number of rotatable bonds is 9. The van der Waals surface area contributed by atoms with E-state index < -0.39 is 0 Å². The van der Waals surface area contributed by atoms with Gasteiger partial charge in [-0.05, 0) is 43.5 Å². The predicted molar refractivity (Wildman–Crippen MR) is 92.9 cm³/mol. The molecule has 0 saturated carbocycles. The van der Waals surface area contributed by atoms with Crippen molar-refractivity contribution in [2.45, 2.75) is 25.9 Å². The van der Waals surface area contributed by atoms with Crippen LogP contribution in [-0.2, 0) is 6.61 Å². The average Bonchev–Trinajstić information content (AvgIpc) is 2.54. The molecule has 0 fully saturated rings. The summed E-state index contributed by atoms with van der Waals surface area (Å²) in [6.07, 6.45) is 3.20. The van der Waals surface area contributed by atoms with E-state index in [2.05, 4.69) is 12.1 Å². The van der Waals surface area contributed by atoms with Crippen molar-refractivity contribution in [1.82, 2.24) is 0 Å². The Hall–Kier alpha value is -1.71. The molecule has 4 heteroatoms. The van der Waals surface area contributed by atoms with Crippen LogP contribution in [-0.4, -0.2) is 13.2 Å². The normalized spacial score (nSPS) is 9.86. The largest absolute Gasteiger partial charge is 0.493 e. The highest BCUT2D eigenvalue weighted by Gasteiger charge is 1.99. The molecular formula is C18H24ClNO2. The maximum atomic E-state index is 5.78. The van der Waals surface area contributed by atoms with Gasteiger partial charge in [-0.2, -0.15) is 0 Å². The van der Waals surface area contributed by atoms with E-state index in [1.165, 1.54) is 0 Å². The Morgan fingerprint density at radius 3 is 2.23 bits per heavy atom. The van der Waals surface area contributed by atoms with Crippen LogP contribution in [0.1, 0.15) is 24.8 Å². The van der Waals surface area contributed by atoms with E-state index in [9.17, 15) is 0 Å². The standard InChI is InChI=1S/C18H23NO2.ClH/c19-12-5-2-6-13-20-17-10-7-11-18(14-17)21-15-16-8-3-1-4-9-16;/h1,3-4,7-11,14H,2,5-6,12-13,15,19H2;1H. The Morgan fingerprint density at radius 2 is 1.50 bits per heavy atom. The molecule has 2 aromatic carbocycles. The van der Waals surface area contributed by atoms with Crippen LogP contribution < -0.4 is 15.2 Å². The Morgan fingerprint density at radius 1 is 0.773 bits per heavy atom. The fourth-order valence-electron chi connectivity index (χ4n) is 2.01. The van der Waals surface area contributed by atoms with Gasteiger partial charge in [0.05, 0.1) is 6.61 Å². The highest BCUT2D eigenvalue weighted by atomic mass is 35.5. The van der Waals surface area contributed by atoms with E-state index >= 15 is 0 Å². The van der Waals surface area contributed by atoms with E-state index in [1.807, 2.05) is 42.5 Å². The molecule has 0 aliphatic rings. The number of benzene rings is 2. The monoisotopic (exact) mass is 321 g/mol. The Kier molecular flexibility index (Phi) is 9.12. The van der Waals surface area contributed by atoms with E-state index in [0.717, 1.165) is 49.5 Å². The summed E-state index contributed by atoms with van der Waals surface area (Å²) in [5.74, 6) is 1.69. The summed E-state index contributed by atoms with van der Waals surface area (Å²) in [4.78, 5) is 0. The zero-order chi connectivity index (χ0) is 14.8. The highest BCUT2D eigenvalue weighted by molar-refractivity contribution is 5.85. The third kappa shape index (κ3) is 6.83. The minimum Gasteiger partial charge on any atom is -0.493 e. The molecular weight excluding hydrogens is 298 g/mol. The van der Waals surface area contributed by atoms with Crippen LogP contribution >= 0.6 is 12.4 Å². The van der Waals surface area contributed by atoms with Crippen LogP contribution in [0, 0.1) is 0 Å². The molecule has 0 spiro atoms. The molecule has 0 bridgehead atoms. The Labute approximate surface area is 138 Å². The average molecular weight is 322 g/mol. The molecule has 0 atom stereocenters. The van der Waals surface area contributed by atoms with Gasteiger partial charge in [0.25, 0.3) is 0 Å². The zero-order valence-electron chi connectivity index (χ0n) is 12.7. The SMILES string of the molecule is Cl.NCCCCCOc1cccc(OCc2ccccc2)c1. The number of hydrogen-bond donors (Lipinski definition) is 1. The molecule has 2 N–H and O–H groups in total. The molecule has 0 unspecified atom stereocenters. The van der Waals surface area contributed by atoms with Crippen molar-refractivity contribution in [3.63, 3.8) is 0 Å². The summed E-state index contributed by atoms with van der Waals surface area (Å²) in [7, 11) is 0. The number of ether oxygens (including phenoxy) is 2. The first-order valence-electron chi connectivity index (χ1n) is 7.48. The van der Waals surface area contributed by atoms with Crippen LogP contribution in [0.3, 0.4) is 0 Å². The molecule has 3 nitrogen and oxygen atoms in total. The minimum absolute atomic E-state index is 0. The molecule has 120 valence electrons. The van der Waals surface area contributed by atoms with Crippen molar-refractivity contribution in [2.24, 2.45) is 5.73 Å². The summed E-state index contributed by atoms with van der Waals surface area (Å²) >= 11 is 0. The van der Waals surface area contributed by atoms with Gasteiger partial charge >= 0.3 is 0 Å². The predicted octanol–water partition coefficient (Wildman–Crippen LogP) is 4.20. The molecule has 0 aliphatic carbocycles. The summed E-state index contributed by atoms with van der Waals surface area (Å²) in [6, 6.07) is 17.9. The lowest BCUT2D eigenvalue weighted by Crippen LogP contribution is -2.02. The number of hydrogen-bond acceptors (Lipinski definition) is 3. The van der Waals surface area contributed by atoms with Crippen molar-refractivity contribution in [1.29, 1.82) is 0 Å². The van der Waals surface area contributed by atoms with Crippen LogP contribution in [0.4, 0.5) is 0 Å². The lowest BCUT2D eigenvalue weighted by molar-refractivity contribution is 0.290.